The second kappa shape index (κ2) is 10.2. The fourth-order valence-corrected chi connectivity index (χ4v) is 2.90. The second-order valence-electron chi connectivity index (χ2n) is 4.64. The first-order valence-electron chi connectivity index (χ1n) is 6.89. The molecule has 1 aliphatic heterocycles. The smallest absolute Gasteiger partial charge is 0.0589 e. The van der Waals surface area contributed by atoms with Gasteiger partial charge in [-0.3, -0.25) is 4.90 Å². The number of nitrogens with zero attached hydrogens (tertiary/aromatic N) is 1. The van der Waals surface area contributed by atoms with E-state index in [2.05, 4.69) is 17.1 Å². The average molecular weight is 260 g/mol. The molecule has 1 unspecified atom stereocenters. The van der Waals surface area contributed by atoms with Gasteiger partial charge < -0.3 is 10.1 Å². The van der Waals surface area contributed by atoms with Crippen molar-refractivity contribution in [3.05, 3.63) is 0 Å². The van der Waals surface area contributed by atoms with Crippen LogP contribution in [0.5, 0.6) is 0 Å². The molecule has 0 amide bonds. The van der Waals surface area contributed by atoms with Crippen LogP contribution in [-0.4, -0.2) is 62.3 Å². The molecule has 1 N–H and O–H groups in total. The minimum Gasteiger partial charge on any atom is -0.383 e. The van der Waals surface area contributed by atoms with Crippen molar-refractivity contribution in [1.29, 1.82) is 0 Å². The number of hydrogen-bond donors (Lipinski definition) is 1. The number of rotatable bonds is 10. The maximum Gasteiger partial charge on any atom is 0.0589 e. The van der Waals surface area contributed by atoms with Crippen LogP contribution in [0.3, 0.4) is 0 Å². The highest BCUT2D eigenvalue weighted by Crippen LogP contribution is 2.08. The van der Waals surface area contributed by atoms with E-state index in [0.29, 0.717) is 6.04 Å². The molecule has 0 saturated carbocycles. The fraction of sp³-hybridized carbons (Fsp3) is 1.00. The Morgan fingerprint density at radius 2 is 2.29 bits per heavy atom. The van der Waals surface area contributed by atoms with Crippen molar-refractivity contribution in [3.63, 3.8) is 0 Å². The van der Waals surface area contributed by atoms with E-state index >= 15 is 0 Å². The highest BCUT2D eigenvalue weighted by Gasteiger charge is 2.17. The monoisotopic (exact) mass is 260 g/mol. The van der Waals surface area contributed by atoms with Crippen molar-refractivity contribution in [2.45, 2.75) is 32.2 Å². The zero-order valence-electron chi connectivity index (χ0n) is 11.4. The Kier molecular flexibility index (Phi) is 9.16. The summed E-state index contributed by atoms with van der Waals surface area (Å²) in [5, 5.41) is 3.58. The molecule has 1 atom stereocenters. The van der Waals surface area contributed by atoms with Crippen LogP contribution < -0.4 is 5.32 Å². The van der Waals surface area contributed by atoms with Crippen LogP contribution in [0.15, 0.2) is 0 Å². The van der Waals surface area contributed by atoms with E-state index in [1.54, 1.807) is 7.11 Å². The molecule has 4 heteroatoms. The van der Waals surface area contributed by atoms with Gasteiger partial charge in [-0.25, -0.2) is 0 Å². The fourth-order valence-electron chi connectivity index (χ4n) is 2.27. The van der Waals surface area contributed by atoms with Crippen LogP contribution in [0.4, 0.5) is 0 Å². The first-order chi connectivity index (χ1) is 8.36. The molecule has 1 rings (SSSR count). The molecule has 0 aromatic heterocycles. The summed E-state index contributed by atoms with van der Waals surface area (Å²) in [4.78, 5) is 2.56. The van der Waals surface area contributed by atoms with Crippen LogP contribution in [0, 0.1) is 0 Å². The molecule has 0 radical (unpaired) electrons. The average Bonchev–Trinajstić information content (AvgIpc) is 2.84. The summed E-state index contributed by atoms with van der Waals surface area (Å²) in [7, 11) is 1.79. The van der Waals surface area contributed by atoms with Gasteiger partial charge >= 0.3 is 0 Å². The molecule has 1 saturated heterocycles. The number of thioether (sulfide) groups is 1. The van der Waals surface area contributed by atoms with E-state index in [1.165, 1.54) is 50.4 Å². The molecule has 17 heavy (non-hydrogen) atoms. The summed E-state index contributed by atoms with van der Waals surface area (Å²) in [6, 6.07) is 0.714. The Balaban J connectivity index is 2.16. The van der Waals surface area contributed by atoms with E-state index in [-0.39, 0.29) is 0 Å². The van der Waals surface area contributed by atoms with E-state index in [1.807, 2.05) is 11.8 Å². The second-order valence-corrected chi connectivity index (χ2v) is 6.03. The molecule has 0 aromatic carbocycles. The predicted molar refractivity (Wildman–Crippen MR) is 77.0 cm³/mol. The third-order valence-corrected chi connectivity index (χ3v) is 4.21. The van der Waals surface area contributed by atoms with Crippen LogP contribution >= 0.6 is 11.8 Å². The summed E-state index contributed by atoms with van der Waals surface area (Å²) in [5.41, 5.74) is 0. The van der Waals surface area contributed by atoms with Gasteiger partial charge in [0.25, 0.3) is 0 Å². The standard InChI is InChI=1S/C13H28N2OS/c1-3-17-11-5-8-15(9-10-16-2)12-13-6-4-7-14-13/h13-14H,3-12H2,1-2H3. The summed E-state index contributed by atoms with van der Waals surface area (Å²) in [6.07, 6.45) is 3.98. The number of methoxy groups -OCH3 is 1. The molecule has 1 fully saturated rings. The molecular formula is C13H28N2OS. The first-order valence-corrected chi connectivity index (χ1v) is 8.04. The van der Waals surface area contributed by atoms with Crippen molar-refractivity contribution in [3.8, 4) is 0 Å². The maximum absolute atomic E-state index is 5.20. The Labute approximate surface area is 111 Å². The summed E-state index contributed by atoms with van der Waals surface area (Å²) in [5.74, 6) is 2.53. The summed E-state index contributed by atoms with van der Waals surface area (Å²) in [6.45, 7) is 7.78. The lowest BCUT2D eigenvalue weighted by molar-refractivity contribution is 0.142. The molecule has 3 nitrogen and oxygen atoms in total. The maximum atomic E-state index is 5.20. The van der Waals surface area contributed by atoms with E-state index in [9.17, 15) is 0 Å². The van der Waals surface area contributed by atoms with Gasteiger partial charge in [-0.15, -0.1) is 0 Å². The zero-order valence-corrected chi connectivity index (χ0v) is 12.2. The van der Waals surface area contributed by atoms with Gasteiger partial charge in [0, 0.05) is 26.2 Å². The van der Waals surface area contributed by atoms with E-state index in [4.69, 9.17) is 4.74 Å². The molecular weight excluding hydrogens is 232 g/mol. The van der Waals surface area contributed by atoms with Gasteiger partial charge in [0.15, 0.2) is 0 Å². The SMILES string of the molecule is CCSCCCN(CCOC)CC1CCCN1. The van der Waals surface area contributed by atoms with Crippen molar-refractivity contribution in [2.24, 2.45) is 0 Å². The highest BCUT2D eigenvalue weighted by atomic mass is 32.2. The highest BCUT2D eigenvalue weighted by molar-refractivity contribution is 7.99. The topological polar surface area (TPSA) is 24.5 Å². The van der Waals surface area contributed by atoms with Crippen molar-refractivity contribution in [1.82, 2.24) is 10.2 Å². The normalized spacial score (nSPS) is 20.3. The Bertz CT molecular complexity index is 175. The van der Waals surface area contributed by atoms with Gasteiger partial charge in [-0.2, -0.15) is 11.8 Å². The molecule has 1 heterocycles. The quantitative estimate of drug-likeness (QED) is 0.606. The van der Waals surface area contributed by atoms with E-state index < -0.39 is 0 Å². The lowest BCUT2D eigenvalue weighted by Gasteiger charge is -2.25. The third-order valence-electron chi connectivity index (χ3n) is 3.22. The van der Waals surface area contributed by atoms with Crippen molar-refractivity contribution < 1.29 is 4.74 Å². The van der Waals surface area contributed by atoms with E-state index in [0.717, 1.165) is 13.2 Å². The first kappa shape index (κ1) is 15.3. The zero-order chi connectivity index (χ0) is 12.3. The van der Waals surface area contributed by atoms with Gasteiger partial charge in [-0.05, 0) is 43.9 Å². The van der Waals surface area contributed by atoms with Crippen LogP contribution in [0.2, 0.25) is 0 Å². The molecule has 0 aromatic rings. The summed E-state index contributed by atoms with van der Waals surface area (Å²) < 4.78 is 5.20. The molecule has 0 spiro atoms. The van der Waals surface area contributed by atoms with Gasteiger partial charge in [0.05, 0.1) is 6.61 Å². The Morgan fingerprint density at radius 1 is 1.41 bits per heavy atom. The lowest BCUT2D eigenvalue weighted by Crippen LogP contribution is -2.39. The number of ether oxygens (including phenoxy) is 1. The summed E-state index contributed by atoms with van der Waals surface area (Å²) >= 11 is 2.04. The van der Waals surface area contributed by atoms with Crippen LogP contribution in [-0.2, 0) is 4.74 Å². The van der Waals surface area contributed by atoms with Gasteiger partial charge in [0.2, 0.25) is 0 Å². The molecule has 0 bridgehead atoms. The van der Waals surface area contributed by atoms with Crippen molar-refractivity contribution in [2.75, 3.05) is 51.4 Å². The molecule has 1 aliphatic rings. The van der Waals surface area contributed by atoms with Gasteiger partial charge in [-0.1, -0.05) is 6.92 Å². The lowest BCUT2D eigenvalue weighted by atomic mass is 10.2. The molecule has 102 valence electrons. The van der Waals surface area contributed by atoms with Crippen LogP contribution in [0.25, 0.3) is 0 Å². The molecule has 0 aliphatic carbocycles. The number of hydrogen-bond acceptors (Lipinski definition) is 4. The van der Waals surface area contributed by atoms with Crippen LogP contribution in [0.1, 0.15) is 26.2 Å². The largest absolute Gasteiger partial charge is 0.383 e. The third kappa shape index (κ3) is 7.29. The van der Waals surface area contributed by atoms with Gasteiger partial charge in [0.1, 0.15) is 0 Å². The number of nitrogens with one attached hydrogen (secondary N) is 1. The minimum absolute atomic E-state index is 0.714. The Morgan fingerprint density at radius 3 is 2.94 bits per heavy atom. The Hall–Kier alpha value is 0.230. The van der Waals surface area contributed by atoms with Crippen molar-refractivity contribution >= 4 is 11.8 Å². The minimum atomic E-state index is 0.714. The predicted octanol–water partition coefficient (Wildman–Crippen LogP) is 1.83.